The maximum absolute atomic E-state index is 12.9. The lowest BCUT2D eigenvalue weighted by atomic mass is 9.99. The minimum absolute atomic E-state index is 0.109. The van der Waals surface area contributed by atoms with Gasteiger partial charge in [-0.25, -0.2) is 4.98 Å². The van der Waals surface area contributed by atoms with E-state index in [0.29, 0.717) is 26.2 Å². The lowest BCUT2D eigenvalue weighted by molar-refractivity contribution is -0.131. The van der Waals surface area contributed by atoms with Crippen molar-refractivity contribution in [1.29, 1.82) is 0 Å². The zero-order valence-electron chi connectivity index (χ0n) is 17.4. The number of carbonyl (C=O) groups excluding carboxylic acids is 1. The van der Waals surface area contributed by atoms with Crippen LogP contribution >= 0.6 is 11.3 Å². The zero-order valence-corrected chi connectivity index (χ0v) is 18.2. The van der Waals surface area contributed by atoms with Crippen LogP contribution in [0.5, 0.6) is 11.5 Å². The van der Waals surface area contributed by atoms with Crippen molar-refractivity contribution in [3.05, 3.63) is 64.7 Å². The van der Waals surface area contributed by atoms with Gasteiger partial charge in [0, 0.05) is 18.5 Å². The highest BCUT2D eigenvalue weighted by Crippen LogP contribution is 2.32. The van der Waals surface area contributed by atoms with Crippen LogP contribution in [0.2, 0.25) is 0 Å². The molecule has 0 saturated heterocycles. The van der Waals surface area contributed by atoms with Gasteiger partial charge in [-0.2, -0.15) is 0 Å². The first-order chi connectivity index (χ1) is 14.7. The standard InChI is InChI=1S/C24H26N2O3S/c1-3-28-20-10-9-17-11-12-26(15-18(17)13-20)23(27)14-19-16-30-24(25-19)21-7-5-6-8-22(21)29-4-2/h5-10,13,16H,3-4,11-12,14-15H2,1-2H3. The van der Waals surface area contributed by atoms with Crippen molar-refractivity contribution in [2.24, 2.45) is 0 Å². The normalized spacial score (nSPS) is 13.1. The minimum atomic E-state index is 0.109. The Kier molecular flexibility index (Phi) is 6.33. The van der Waals surface area contributed by atoms with Crippen molar-refractivity contribution in [2.75, 3.05) is 19.8 Å². The number of thiazole rings is 1. The summed E-state index contributed by atoms with van der Waals surface area (Å²) in [6.07, 6.45) is 1.19. The molecule has 2 aromatic carbocycles. The molecule has 3 aromatic rings. The monoisotopic (exact) mass is 422 g/mol. The predicted octanol–water partition coefficient (Wildman–Crippen LogP) is 4.73. The molecule has 156 valence electrons. The van der Waals surface area contributed by atoms with Crippen molar-refractivity contribution in [3.8, 4) is 22.1 Å². The fourth-order valence-electron chi connectivity index (χ4n) is 3.71. The molecule has 0 N–H and O–H groups in total. The molecular weight excluding hydrogens is 396 g/mol. The van der Waals surface area contributed by atoms with E-state index in [1.807, 2.05) is 54.5 Å². The Bertz CT molecular complexity index is 1030. The van der Waals surface area contributed by atoms with E-state index in [4.69, 9.17) is 14.5 Å². The maximum Gasteiger partial charge on any atom is 0.228 e. The number of benzene rings is 2. The summed E-state index contributed by atoms with van der Waals surface area (Å²) >= 11 is 1.55. The van der Waals surface area contributed by atoms with Crippen LogP contribution in [0, 0.1) is 0 Å². The number of fused-ring (bicyclic) bond motifs is 1. The summed E-state index contributed by atoms with van der Waals surface area (Å²) in [5, 5.41) is 2.85. The van der Waals surface area contributed by atoms with Gasteiger partial charge in [0.1, 0.15) is 16.5 Å². The van der Waals surface area contributed by atoms with Gasteiger partial charge in [-0.05, 0) is 55.7 Å². The fraction of sp³-hybridized carbons (Fsp3) is 0.333. The summed E-state index contributed by atoms with van der Waals surface area (Å²) in [5.41, 5.74) is 4.25. The van der Waals surface area contributed by atoms with Crippen molar-refractivity contribution in [2.45, 2.75) is 33.2 Å². The topological polar surface area (TPSA) is 51.7 Å². The molecule has 0 fully saturated rings. The second-order valence-electron chi connectivity index (χ2n) is 7.18. The van der Waals surface area contributed by atoms with Crippen LogP contribution in [0.1, 0.15) is 30.7 Å². The molecule has 4 rings (SSSR count). The van der Waals surface area contributed by atoms with E-state index in [9.17, 15) is 4.79 Å². The summed E-state index contributed by atoms with van der Waals surface area (Å²) in [4.78, 5) is 19.6. The van der Waals surface area contributed by atoms with Gasteiger partial charge in [-0.3, -0.25) is 4.79 Å². The molecule has 1 aromatic heterocycles. The Labute approximate surface area is 181 Å². The molecule has 0 radical (unpaired) electrons. The Balaban J connectivity index is 1.45. The molecule has 1 amide bonds. The minimum Gasteiger partial charge on any atom is -0.494 e. The highest BCUT2D eigenvalue weighted by Gasteiger charge is 2.22. The number of nitrogens with zero attached hydrogens (tertiary/aromatic N) is 2. The van der Waals surface area contributed by atoms with Crippen LogP contribution in [-0.2, 0) is 24.2 Å². The SMILES string of the molecule is CCOc1ccc2c(c1)CN(C(=O)Cc1csc(-c3ccccc3OCC)n1)CC2. The second-order valence-corrected chi connectivity index (χ2v) is 8.04. The Morgan fingerprint density at radius 3 is 2.77 bits per heavy atom. The summed E-state index contributed by atoms with van der Waals surface area (Å²) < 4.78 is 11.3. The molecule has 1 aliphatic heterocycles. The lowest BCUT2D eigenvalue weighted by Gasteiger charge is -2.29. The van der Waals surface area contributed by atoms with Crippen molar-refractivity contribution in [3.63, 3.8) is 0 Å². The predicted molar refractivity (Wildman–Crippen MR) is 119 cm³/mol. The lowest BCUT2D eigenvalue weighted by Crippen LogP contribution is -2.37. The van der Waals surface area contributed by atoms with Crippen molar-refractivity contribution in [1.82, 2.24) is 9.88 Å². The van der Waals surface area contributed by atoms with E-state index < -0.39 is 0 Å². The summed E-state index contributed by atoms with van der Waals surface area (Å²) in [7, 11) is 0. The Hall–Kier alpha value is -2.86. The van der Waals surface area contributed by atoms with Crippen LogP contribution in [0.3, 0.4) is 0 Å². The third kappa shape index (κ3) is 4.49. The number of para-hydroxylation sites is 1. The highest BCUT2D eigenvalue weighted by atomic mass is 32.1. The first-order valence-corrected chi connectivity index (χ1v) is 11.2. The van der Waals surface area contributed by atoms with Gasteiger partial charge >= 0.3 is 0 Å². The molecule has 6 heteroatoms. The summed E-state index contributed by atoms with van der Waals surface area (Å²) in [6.45, 7) is 6.55. The average molecular weight is 423 g/mol. The van der Waals surface area contributed by atoms with E-state index in [0.717, 1.165) is 40.7 Å². The third-order valence-corrected chi connectivity index (χ3v) is 6.08. The van der Waals surface area contributed by atoms with Gasteiger partial charge in [0.25, 0.3) is 0 Å². The van der Waals surface area contributed by atoms with Crippen LogP contribution in [0.15, 0.2) is 47.8 Å². The smallest absolute Gasteiger partial charge is 0.228 e. The van der Waals surface area contributed by atoms with Gasteiger partial charge in [-0.15, -0.1) is 11.3 Å². The second kappa shape index (κ2) is 9.30. The largest absolute Gasteiger partial charge is 0.494 e. The Morgan fingerprint density at radius 1 is 1.10 bits per heavy atom. The average Bonchev–Trinajstić information content (AvgIpc) is 3.22. The number of amides is 1. The molecule has 2 heterocycles. The van der Waals surface area contributed by atoms with Crippen molar-refractivity contribution < 1.29 is 14.3 Å². The number of hydrogen-bond donors (Lipinski definition) is 0. The third-order valence-electron chi connectivity index (χ3n) is 5.16. The molecular formula is C24H26N2O3S. The zero-order chi connectivity index (χ0) is 20.9. The first-order valence-electron chi connectivity index (χ1n) is 10.4. The molecule has 0 atom stereocenters. The maximum atomic E-state index is 12.9. The number of aromatic nitrogens is 1. The van der Waals surface area contributed by atoms with E-state index in [2.05, 4.69) is 12.1 Å². The molecule has 5 nitrogen and oxygen atoms in total. The fourth-order valence-corrected chi connectivity index (χ4v) is 4.56. The highest BCUT2D eigenvalue weighted by molar-refractivity contribution is 7.13. The number of rotatable bonds is 7. The molecule has 30 heavy (non-hydrogen) atoms. The number of carbonyl (C=O) groups is 1. The van der Waals surface area contributed by atoms with Gasteiger partial charge in [-0.1, -0.05) is 18.2 Å². The summed E-state index contributed by atoms with van der Waals surface area (Å²) in [5.74, 6) is 1.80. The first kappa shape index (κ1) is 20.4. The molecule has 0 unspecified atom stereocenters. The van der Waals surface area contributed by atoms with Gasteiger partial charge in [0.15, 0.2) is 0 Å². The van der Waals surface area contributed by atoms with E-state index >= 15 is 0 Å². The quantitative estimate of drug-likeness (QED) is 0.552. The number of ether oxygens (including phenoxy) is 2. The summed E-state index contributed by atoms with van der Waals surface area (Å²) in [6, 6.07) is 14.1. The number of hydrogen-bond acceptors (Lipinski definition) is 5. The van der Waals surface area contributed by atoms with Crippen LogP contribution in [-0.4, -0.2) is 35.5 Å². The van der Waals surface area contributed by atoms with E-state index in [-0.39, 0.29) is 5.91 Å². The Morgan fingerprint density at radius 2 is 1.93 bits per heavy atom. The van der Waals surface area contributed by atoms with Gasteiger partial charge in [0.05, 0.1) is 30.9 Å². The molecule has 0 bridgehead atoms. The molecule has 1 aliphatic rings. The van der Waals surface area contributed by atoms with Crippen LogP contribution in [0.4, 0.5) is 0 Å². The van der Waals surface area contributed by atoms with E-state index in [1.165, 1.54) is 11.1 Å². The van der Waals surface area contributed by atoms with Crippen LogP contribution < -0.4 is 9.47 Å². The van der Waals surface area contributed by atoms with Crippen molar-refractivity contribution >= 4 is 17.2 Å². The van der Waals surface area contributed by atoms with Gasteiger partial charge < -0.3 is 14.4 Å². The molecule has 0 spiro atoms. The van der Waals surface area contributed by atoms with E-state index in [1.54, 1.807) is 11.3 Å². The van der Waals surface area contributed by atoms with Gasteiger partial charge in [0.2, 0.25) is 5.91 Å². The van der Waals surface area contributed by atoms with Crippen LogP contribution in [0.25, 0.3) is 10.6 Å². The molecule has 0 aliphatic carbocycles. The molecule has 0 saturated carbocycles.